The molecule has 1 fully saturated rings. The second-order valence-corrected chi connectivity index (χ2v) is 5.78. The molecular weight excluding hydrogens is 278 g/mol. The highest BCUT2D eigenvalue weighted by Crippen LogP contribution is 2.16. The first-order chi connectivity index (χ1) is 10.7. The Balaban J connectivity index is 1.51. The van der Waals surface area contributed by atoms with E-state index in [1.807, 2.05) is 18.3 Å². The molecule has 3 rings (SSSR count). The second-order valence-electron chi connectivity index (χ2n) is 5.78. The number of hydrogen-bond acceptors (Lipinski definition) is 5. The summed E-state index contributed by atoms with van der Waals surface area (Å²) in [5.41, 5.74) is 1.22. The molecule has 0 unspecified atom stereocenters. The van der Waals surface area contributed by atoms with Crippen LogP contribution in [0, 0.1) is 0 Å². The Morgan fingerprint density at radius 3 is 2.77 bits per heavy atom. The third-order valence-electron chi connectivity index (χ3n) is 4.07. The molecule has 6 heteroatoms. The molecule has 1 N–H and O–H groups in total. The summed E-state index contributed by atoms with van der Waals surface area (Å²) in [4.78, 5) is 22.0. The molecule has 3 heterocycles. The lowest BCUT2D eigenvalue weighted by molar-refractivity contribution is 0.211. The van der Waals surface area contributed by atoms with Gasteiger partial charge in [0.05, 0.1) is 0 Å². The number of anilines is 1. The van der Waals surface area contributed by atoms with Crippen LogP contribution >= 0.6 is 0 Å². The van der Waals surface area contributed by atoms with Crippen molar-refractivity contribution in [2.75, 3.05) is 18.4 Å². The van der Waals surface area contributed by atoms with E-state index in [-0.39, 0.29) is 5.56 Å². The molecule has 2 aromatic rings. The molecule has 2 aromatic heterocycles. The zero-order valence-electron chi connectivity index (χ0n) is 12.8. The molecule has 22 heavy (non-hydrogen) atoms. The molecule has 1 saturated heterocycles. The number of piperidine rings is 1. The normalized spacial score (nSPS) is 16.6. The minimum absolute atomic E-state index is 0.0384. The van der Waals surface area contributed by atoms with E-state index in [4.69, 9.17) is 0 Å². The first-order valence-corrected chi connectivity index (χ1v) is 7.61. The Hall–Kier alpha value is -2.21. The highest BCUT2D eigenvalue weighted by molar-refractivity contribution is 5.33. The number of hydrogen-bond donors (Lipinski definition) is 1. The van der Waals surface area contributed by atoms with Gasteiger partial charge in [0.25, 0.3) is 0 Å². The van der Waals surface area contributed by atoms with E-state index in [9.17, 15) is 4.79 Å². The molecular formula is C16H21N5O. The quantitative estimate of drug-likeness (QED) is 0.920. The van der Waals surface area contributed by atoms with E-state index in [0.717, 1.165) is 38.3 Å². The van der Waals surface area contributed by atoms with Crippen molar-refractivity contribution >= 4 is 5.82 Å². The number of nitrogens with zero attached hydrogens (tertiary/aromatic N) is 4. The highest BCUT2D eigenvalue weighted by atomic mass is 16.1. The van der Waals surface area contributed by atoms with Crippen LogP contribution < -0.4 is 10.9 Å². The smallest absolute Gasteiger partial charge is 0.250 e. The van der Waals surface area contributed by atoms with Gasteiger partial charge in [-0.3, -0.25) is 9.69 Å². The minimum atomic E-state index is 0.0384. The van der Waals surface area contributed by atoms with E-state index < -0.39 is 0 Å². The van der Waals surface area contributed by atoms with Gasteiger partial charge < -0.3 is 9.88 Å². The first kappa shape index (κ1) is 14.7. The maximum atomic E-state index is 11.4. The Kier molecular flexibility index (Phi) is 4.48. The Morgan fingerprint density at radius 1 is 1.27 bits per heavy atom. The van der Waals surface area contributed by atoms with Crippen molar-refractivity contribution in [1.82, 2.24) is 19.4 Å². The molecule has 0 bridgehead atoms. The van der Waals surface area contributed by atoms with Crippen molar-refractivity contribution in [2.45, 2.75) is 25.4 Å². The van der Waals surface area contributed by atoms with E-state index in [1.165, 1.54) is 5.56 Å². The largest absolute Gasteiger partial charge is 0.367 e. The molecule has 0 saturated carbocycles. The number of aromatic nitrogens is 3. The molecule has 0 aromatic carbocycles. The molecule has 0 atom stereocenters. The molecule has 0 radical (unpaired) electrons. The van der Waals surface area contributed by atoms with Crippen LogP contribution in [-0.2, 0) is 13.6 Å². The zero-order valence-corrected chi connectivity index (χ0v) is 12.8. The zero-order chi connectivity index (χ0) is 15.4. The van der Waals surface area contributed by atoms with Crippen molar-refractivity contribution in [3.8, 4) is 0 Å². The average molecular weight is 299 g/mol. The van der Waals surface area contributed by atoms with Gasteiger partial charge in [0.1, 0.15) is 12.1 Å². The molecule has 0 spiro atoms. The third-order valence-corrected chi connectivity index (χ3v) is 4.07. The summed E-state index contributed by atoms with van der Waals surface area (Å²) < 4.78 is 1.64. The Labute approximate surface area is 129 Å². The van der Waals surface area contributed by atoms with Crippen LogP contribution in [0.2, 0.25) is 0 Å². The van der Waals surface area contributed by atoms with Gasteiger partial charge in [0, 0.05) is 51.2 Å². The van der Waals surface area contributed by atoms with E-state index in [1.54, 1.807) is 30.2 Å². The van der Waals surface area contributed by atoms with Gasteiger partial charge in [-0.15, -0.1) is 0 Å². The fourth-order valence-electron chi connectivity index (χ4n) is 2.82. The monoisotopic (exact) mass is 299 g/mol. The standard InChI is InChI=1S/C16H21N5O/c1-20-10-13(2-3-16(20)22)11-21-8-5-14(6-9-21)19-15-4-7-17-12-18-15/h2-4,7,10,12,14H,5-6,8-9,11H2,1H3,(H,17,18,19). The third kappa shape index (κ3) is 3.71. The first-order valence-electron chi connectivity index (χ1n) is 7.61. The van der Waals surface area contributed by atoms with Gasteiger partial charge in [-0.05, 0) is 24.5 Å². The fraction of sp³-hybridized carbons (Fsp3) is 0.438. The summed E-state index contributed by atoms with van der Waals surface area (Å²) in [5, 5.41) is 3.46. The maximum Gasteiger partial charge on any atom is 0.250 e. The van der Waals surface area contributed by atoms with E-state index in [0.29, 0.717) is 6.04 Å². The Morgan fingerprint density at radius 2 is 2.09 bits per heavy atom. The van der Waals surface area contributed by atoms with Gasteiger partial charge in [0.2, 0.25) is 5.56 Å². The summed E-state index contributed by atoms with van der Waals surface area (Å²) in [7, 11) is 1.80. The SMILES string of the molecule is Cn1cc(CN2CCC(Nc3ccncn3)CC2)ccc1=O. The van der Waals surface area contributed by atoms with Gasteiger partial charge in [-0.1, -0.05) is 6.07 Å². The summed E-state index contributed by atoms with van der Waals surface area (Å²) in [6, 6.07) is 5.93. The molecule has 1 aliphatic heterocycles. The highest BCUT2D eigenvalue weighted by Gasteiger charge is 2.19. The van der Waals surface area contributed by atoms with Crippen LogP contribution in [0.1, 0.15) is 18.4 Å². The molecule has 1 aliphatic rings. The number of nitrogens with one attached hydrogen (secondary N) is 1. The van der Waals surface area contributed by atoms with E-state index in [2.05, 4.69) is 20.2 Å². The van der Waals surface area contributed by atoms with Crippen molar-refractivity contribution < 1.29 is 0 Å². The van der Waals surface area contributed by atoms with Crippen molar-refractivity contribution in [3.63, 3.8) is 0 Å². The van der Waals surface area contributed by atoms with Crippen LogP contribution in [0.4, 0.5) is 5.82 Å². The van der Waals surface area contributed by atoms with Crippen LogP contribution in [0.5, 0.6) is 0 Å². The minimum Gasteiger partial charge on any atom is -0.367 e. The van der Waals surface area contributed by atoms with Crippen LogP contribution in [0.25, 0.3) is 0 Å². The van der Waals surface area contributed by atoms with Gasteiger partial charge in [-0.2, -0.15) is 0 Å². The average Bonchev–Trinajstić information content (AvgIpc) is 2.54. The lowest BCUT2D eigenvalue weighted by Gasteiger charge is -2.32. The maximum absolute atomic E-state index is 11.4. The van der Waals surface area contributed by atoms with Crippen LogP contribution in [0.3, 0.4) is 0 Å². The van der Waals surface area contributed by atoms with Crippen LogP contribution in [0.15, 0.2) is 41.7 Å². The second kappa shape index (κ2) is 6.70. The lowest BCUT2D eigenvalue weighted by Crippen LogP contribution is -2.39. The topological polar surface area (TPSA) is 63.1 Å². The number of pyridine rings is 1. The molecule has 0 amide bonds. The van der Waals surface area contributed by atoms with Crippen molar-refractivity contribution in [3.05, 3.63) is 52.8 Å². The number of rotatable bonds is 4. The fourth-order valence-corrected chi connectivity index (χ4v) is 2.82. The van der Waals surface area contributed by atoms with Gasteiger partial charge >= 0.3 is 0 Å². The number of likely N-dealkylation sites (tertiary alicyclic amines) is 1. The van der Waals surface area contributed by atoms with Crippen LogP contribution in [-0.4, -0.2) is 38.6 Å². The number of aryl methyl sites for hydroxylation is 1. The summed E-state index contributed by atoms with van der Waals surface area (Å²) in [6.45, 7) is 2.99. The molecule has 116 valence electrons. The van der Waals surface area contributed by atoms with Crippen molar-refractivity contribution in [1.29, 1.82) is 0 Å². The predicted molar refractivity (Wildman–Crippen MR) is 85.6 cm³/mol. The molecule has 6 nitrogen and oxygen atoms in total. The summed E-state index contributed by atoms with van der Waals surface area (Å²) in [5.74, 6) is 0.895. The Bertz CT molecular complexity index is 662. The summed E-state index contributed by atoms with van der Waals surface area (Å²) >= 11 is 0. The lowest BCUT2D eigenvalue weighted by atomic mass is 10.0. The molecule has 0 aliphatic carbocycles. The van der Waals surface area contributed by atoms with Gasteiger partial charge in [0.15, 0.2) is 0 Å². The van der Waals surface area contributed by atoms with E-state index >= 15 is 0 Å². The van der Waals surface area contributed by atoms with Gasteiger partial charge in [-0.25, -0.2) is 9.97 Å². The predicted octanol–water partition coefficient (Wildman–Crippen LogP) is 1.25. The summed E-state index contributed by atoms with van der Waals surface area (Å²) in [6.07, 6.45) is 7.43. The van der Waals surface area contributed by atoms with Crippen molar-refractivity contribution in [2.24, 2.45) is 7.05 Å².